The van der Waals surface area contributed by atoms with Crippen molar-refractivity contribution in [3.05, 3.63) is 0 Å². The summed E-state index contributed by atoms with van der Waals surface area (Å²) >= 11 is 0. The molecule has 2 atom stereocenters. The van der Waals surface area contributed by atoms with E-state index in [1.54, 1.807) is 6.92 Å². The number of carbonyl (C=O) groups excluding carboxylic acids is 1. The van der Waals surface area contributed by atoms with Crippen molar-refractivity contribution in [3.8, 4) is 0 Å². The van der Waals surface area contributed by atoms with Gasteiger partial charge in [-0.15, -0.1) is 0 Å². The molecule has 0 aromatic heterocycles. The summed E-state index contributed by atoms with van der Waals surface area (Å²) in [6.45, 7) is 5.03. The molecule has 0 heterocycles. The van der Waals surface area contributed by atoms with Gasteiger partial charge in [0.15, 0.2) is 0 Å². The summed E-state index contributed by atoms with van der Waals surface area (Å²) in [7, 11) is 0. The second kappa shape index (κ2) is 5.70. The van der Waals surface area contributed by atoms with Gasteiger partial charge in [0.1, 0.15) is 5.54 Å². The average molecular weight is 216 g/mol. The lowest BCUT2D eigenvalue weighted by Crippen LogP contribution is -2.51. The molecule has 0 aromatic carbocycles. The predicted molar refractivity (Wildman–Crippen MR) is 57.4 cm³/mol. The van der Waals surface area contributed by atoms with Crippen LogP contribution in [0.15, 0.2) is 0 Å². The highest BCUT2D eigenvalue weighted by molar-refractivity contribution is 5.86. The molecule has 0 aliphatic rings. The molecule has 0 rings (SSSR count). The number of hydrogen-bond acceptors (Lipinski definition) is 3. The Balaban J connectivity index is 4.19. The second-order valence-electron chi connectivity index (χ2n) is 4.05. The maximum absolute atomic E-state index is 11.4. The van der Waals surface area contributed by atoms with Crippen LogP contribution in [0.4, 0.5) is 0 Å². The molecule has 5 nitrogen and oxygen atoms in total. The summed E-state index contributed by atoms with van der Waals surface area (Å²) in [6.07, 6.45) is 1.18. The summed E-state index contributed by atoms with van der Waals surface area (Å²) in [5, 5.41) is 11.4. The Labute approximate surface area is 90.0 Å². The SMILES string of the molecule is CCC(C)(NC(=O)CCC(C)N)C(=O)O. The molecule has 0 fully saturated rings. The molecule has 0 aliphatic carbocycles. The Hall–Kier alpha value is -1.10. The first-order chi connectivity index (χ1) is 6.81. The minimum Gasteiger partial charge on any atom is -0.480 e. The van der Waals surface area contributed by atoms with Crippen molar-refractivity contribution >= 4 is 11.9 Å². The Morgan fingerprint density at radius 3 is 2.40 bits per heavy atom. The predicted octanol–water partition coefficient (Wildman–Crippen LogP) is 0.483. The number of carboxylic acids is 1. The van der Waals surface area contributed by atoms with Crippen LogP contribution >= 0.6 is 0 Å². The Bertz CT molecular complexity index is 241. The van der Waals surface area contributed by atoms with E-state index in [9.17, 15) is 9.59 Å². The summed E-state index contributed by atoms with van der Waals surface area (Å²) in [4.78, 5) is 22.3. The van der Waals surface area contributed by atoms with Crippen LogP contribution in [0, 0.1) is 0 Å². The Kier molecular flexibility index (Phi) is 5.28. The highest BCUT2D eigenvalue weighted by Crippen LogP contribution is 2.09. The summed E-state index contributed by atoms with van der Waals surface area (Å²) in [6, 6.07) is -0.0477. The molecule has 4 N–H and O–H groups in total. The largest absolute Gasteiger partial charge is 0.480 e. The van der Waals surface area contributed by atoms with E-state index in [1.807, 2.05) is 6.92 Å². The van der Waals surface area contributed by atoms with Crippen LogP contribution in [0.25, 0.3) is 0 Å². The van der Waals surface area contributed by atoms with Crippen molar-refractivity contribution in [3.63, 3.8) is 0 Å². The van der Waals surface area contributed by atoms with Gasteiger partial charge < -0.3 is 16.2 Å². The molecule has 0 saturated carbocycles. The molecule has 0 saturated heterocycles. The zero-order valence-electron chi connectivity index (χ0n) is 9.54. The van der Waals surface area contributed by atoms with E-state index in [0.717, 1.165) is 0 Å². The summed E-state index contributed by atoms with van der Waals surface area (Å²) in [5.74, 6) is -1.28. The van der Waals surface area contributed by atoms with Crippen LogP contribution in [0.5, 0.6) is 0 Å². The van der Waals surface area contributed by atoms with Gasteiger partial charge in [-0.25, -0.2) is 4.79 Å². The number of nitrogens with one attached hydrogen (secondary N) is 1. The van der Waals surface area contributed by atoms with Crippen LogP contribution < -0.4 is 11.1 Å². The molecule has 0 radical (unpaired) electrons. The third-order valence-corrected chi connectivity index (χ3v) is 2.42. The van der Waals surface area contributed by atoms with Crippen LogP contribution in [-0.2, 0) is 9.59 Å². The van der Waals surface area contributed by atoms with Gasteiger partial charge >= 0.3 is 5.97 Å². The first-order valence-electron chi connectivity index (χ1n) is 5.12. The molecule has 88 valence electrons. The van der Waals surface area contributed by atoms with Gasteiger partial charge in [0.25, 0.3) is 0 Å². The quantitative estimate of drug-likeness (QED) is 0.602. The molecule has 0 spiro atoms. The fourth-order valence-corrected chi connectivity index (χ4v) is 1.02. The highest BCUT2D eigenvalue weighted by atomic mass is 16.4. The monoisotopic (exact) mass is 216 g/mol. The molecule has 0 aliphatic heterocycles. The smallest absolute Gasteiger partial charge is 0.329 e. The van der Waals surface area contributed by atoms with E-state index in [2.05, 4.69) is 5.32 Å². The topological polar surface area (TPSA) is 92.4 Å². The lowest BCUT2D eigenvalue weighted by molar-refractivity contribution is -0.147. The van der Waals surface area contributed by atoms with Crippen LogP contribution in [0.2, 0.25) is 0 Å². The number of hydrogen-bond donors (Lipinski definition) is 3. The summed E-state index contributed by atoms with van der Waals surface area (Å²) in [5.41, 5.74) is 4.33. The Morgan fingerprint density at radius 1 is 1.53 bits per heavy atom. The normalized spacial score (nSPS) is 16.5. The second-order valence-corrected chi connectivity index (χ2v) is 4.05. The van der Waals surface area contributed by atoms with Crippen LogP contribution in [-0.4, -0.2) is 28.6 Å². The van der Waals surface area contributed by atoms with Crippen molar-refractivity contribution in [1.82, 2.24) is 5.32 Å². The van der Waals surface area contributed by atoms with E-state index < -0.39 is 11.5 Å². The maximum Gasteiger partial charge on any atom is 0.329 e. The van der Waals surface area contributed by atoms with Crippen LogP contribution in [0.3, 0.4) is 0 Å². The average Bonchev–Trinajstić information content (AvgIpc) is 2.14. The fraction of sp³-hybridized carbons (Fsp3) is 0.800. The van der Waals surface area contributed by atoms with Crippen molar-refractivity contribution in [2.75, 3.05) is 0 Å². The highest BCUT2D eigenvalue weighted by Gasteiger charge is 2.32. The number of carbonyl (C=O) groups is 2. The van der Waals surface area contributed by atoms with Crippen LogP contribution in [0.1, 0.15) is 40.0 Å². The first-order valence-corrected chi connectivity index (χ1v) is 5.12. The number of aliphatic carboxylic acids is 1. The number of carboxylic acid groups (broad SMARTS) is 1. The minimum atomic E-state index is -1.17. The van der Waals surface area contributed by atoms with Gasteiger partial charge in [0.05, 0.1) is 0 Å². The molecular formula is C10H20N2O3. The molecule has 0 aromatic rings. The van der Waals surface area contributed by atoms with Gasteiger partial charge in [-0.05, 0) is 26.7 Å². The molecular weight excluding hydrogens is 196 g/mol. The fourth-order valence-electron chi connectivity index (χ4n) is 1.02. The van der Waals surface area contributed by atoms with Gasteiger partial charge in [-0.2, -0.15) is 0 Å². The van der Waals surface area contributed by atoms with E-state index in [4.69, 9.17) is 10.8 Å². The molecule has 1 amide bonds. The third-order valence-electron chi connectivity index (χ3n) is 2.42. The zero-order chi connectivity index (χ0) is 12.1. The number of nitrogens with two attached hydrogens (primary N) is 1. The zero-order valence-corrected chi connectivity index (χ0v) is 9.54. The minimum absolute atomic E-state index is 0.0477. The molecule has 2 unspecified atom stereocenters. The molecule has 15 heavy (non-hydrogen) atoms. The summed E-state index contributed by atoms with van der Waals surface area (Å²) < 4.78 is 0. The van der Waals surface area contributed by atoms with Gasteiger partial charge in [-0.1, -0.05) is 6.92 Å². The van der Waals surface area contributed by atoms with E-state index >= 15 is 0 Å². The molecule has 5 heteroatoms. The van der Waals surface area contributed by atoms with Crippen molar-refractivity contribution < 1.29 is 14.7 Å². The van der Waals surface area contributed by atoms with Crippen molar-refractivity contribution in [2.24, 2.45) is 5.73 Å². The Morgan fingerprint density at radius 2 is 2.07 bits per heavy atom. The van der Waals surface area contributed by atoms with E-state index in [0.29, 0.717) is 12.8 Å². The van der Waals surface area contributed by atoms with Crippen molar-refractivity contribution in [1.29, 1.82) is 0 Å². The lowest BCUT2D eigenvalue weighted by atomic mass is 9.99. The number of amides is 1. The number of rotatable bonds is 6. The van der Waals surface area contributed by atoms with Gasteiger partial charge in [-0.3, -0.25) is 4.79 Å². The molecule has 0 bridgehead atoms. The maximum atomic E-state index is 11.4. The van der Waals surface area contributed by atoms with Gasteiger partial charge in [0.2, 0.25) is 5.91 Å². The van der Waals surface area contributed by atoms with E-state index in [-0.39, 0.29) is 18.4 Å². The first kappa shape index (κ1) is 13.9. The standard InChI is InChI=1S/C10H20N2O3/c1-4-10(3,9(14)15)12-8(13)6-5-7(2)11/h7H,4-6,11H2,1-3H3,(H,12,13)(H,14,15). The van der Waals surface area contributed by atoms with Gasteiger partial charge in [0, 0.05) is 12.5 Å². The third kappa shape index (κ3) is 4.78. The van der Waals surface area contributed by atoms with Crippen molar-refractivity contribution in [2.45, 2.75) is 51.6 Å². The van der Waals surface area contributed by atoms with E-state index in [1.165, 1.54) is 6.92 Å². The lowest BCUT2D eigenvalue weighted by Gasteiger charge is -2.24.